The van der Waals surface area contributed by atoms with Gasteiger partial charge in [0.15, 0.2) is 5.13 Å². The van der Waals surface area contributed by atoms with Crippen LogP contribution in [-0.4, -0.2) is 36.7 Å². The Morgan fingerprint density at radius 1 is 1.17 bits per heavy atom. The molecule has 2 heterocycles. The van der Waals surface area contributed by atoms with Gasteiger partial charge in [0.1, 0.15) is 5.52 Å². The van der Waals surface area contributed by atoms with Crippen molar-refractivity contribution in [3.63, 3.8) is 0 Å². The van der Waals surface area contributed by atoms with Crippen molar-refractivity contribution in [1.29, 1.82) is 0 Å². The van der Waals surface area contributed by atoms with Gasteiger partial charge in [-0.05, 0) is 49.2 Å². The number of halogens is 2. The predicted octanol–water partition coefficient (Wildman–Crippen LogP) is 4.64. The molecule has 6 nitrogen and oxygen atoms in total. The molecule has 3 aromatic rings. The molecule has 2 aromatic carbocycles. The van der Waals surface area contributed by atoms with Crippen LogP contribution in [0, 0.1) is 5.92 Å². The molecule has 1 N–H and O–H groups in total. The fourth-order valence-corrected chi connectivity index (χ4v) is 6.12. The van der Waals surface area contributed by atoms with Crippen molar-refractivity contribution in [2.24, 2.45) is 5.92 Å². The van der Waals surface area contributed by atoms with Gasteiger partial charge in [0.05, 0.1) is 20.5 Å². The van der Waals surface area contributed by atoms with Gasteiger partial charge in [-0.1, -0.05) is 40.6 Å². The van der Waals surface area contributed by atoms with E-state index in [1.54, 1.807) is 18.2 Å². The third kappa shape index (κ3) is 4.27. The standard InChI is InChI=1S/C19H17Cl2N3O3S2/c20-13-6-8-14(9-7-13)29(26,27)24-10-2-3-12(11-24)18(25)23-19-22-17-15(21)4-1-5-16(17)28-19/h1,4-9,12H,2-3,10-11H2,(H,22,23,25). The summed E-state index contributed by atoms with van der Waals surface area (Å²) >= 11 is 13.3. The molecule has 1 aliphatic heterocycles. The lowest BCUT2D eigenvalue weighted by Crippen LogP contribution is -2.43. The van der Waals surface area contributed by atoms with Crippen molar-refractivity contribution in [3.8, 4) is 0 Å². The summed E-state index contributed by atoms with van der Waals surface area (Å²) < 4.78 is 28.1. The lowest BCUT2D eigenvalue weighted by molar-refractivity contribution is -0.120. The molecule has 152 valence electrons. The molecular weight excluding hydrogens is 453 g/mol. The molecule has 0 spiro atoms. The zero-order valence-electron chi connectivity index (χ0n) is 15.1. The molecule has 1 saturated heterocycles. The average molecular weight is 470 g/mol. The molecule has 1 atom stereocenters. The summed E-state index contributed by atoms with van der Waals surface area (Å²) in [5.74, 6) is -0.690. The summed E-state index contributed by atoms with van der Waals surface area (Å²) in [6.07, 6.45) is 1.22. The van der Waals surface area contributed by atoms with E-state index in [1.807, 2.05) is 12.1 Å². The van der Waals surface area contributed by atoms with Crippen LogP contribution in [0.2, 0.25) is 10.0 Å². The van der Waals surface area contributed by atoms with Crippen molar-refractivity contribution in [3.05, 3.63) is 52.5 Å². The van der Waals surface area contributed by atoms with Crippen LogP contribution in [-0.2, 0) is 14.8 Å². The van der Waals surface area contributed by atoms with Gasteiger partial charge >= 0.3 is 0 Å². The van der Waals surface area contributed by atoms with Crippen LogP contribution in [0.25, 0.3) is 10.2 Å². The molecule has 0 saturated carbocycles. The quantitative estimate of drug-likeness (QED) is 0.603. The monoisotopic (exact) mass is 469 g/mol. The first kappa shape index (κ1) is 20.6. The fourth-order valence-electron chi connectivity index (χ4n) is 3.31. The number of thiazole rings is 1. The molecule has 1 fully saturated rings. The first-order valence-electron chi connectivity index (χ1n) is 8.96. The van der Waals surface area contributed by atoms with Crippen LogP contribution in [0.4, 0.5) is 5.13 Å². The van der Waals surface area contributed by atoms with E-state index in [1.165, 1.54) is 27.8 Å². The van der Waals surface area contributed by atoms with Crippen molar-refractivity contribution in [2.45, 2.75) is 17.7 Å². The third-order valence-electron chi connectivity index (χ3n) is 4.81. The van der Waals surface area contributed by atoms with Gasteiger partial charge in [-0.3, -0.25) is 4.79 Å². The number of piperidine rings is 1. The van der Waals surface area contributed by atoms with Crippen molar-refractivity contribution in [2.75, 3.05) is 18.4 Å². The Hall–Kier alpha value is -1.71. The van der Waals surface area contributed by atoms with Crippen LogP contribution in [0.5, 0.6) is 0 Å². The van der Waals surface area contributed by atoms with Crippen molar-refractivity contribution in [1.82, 2.24) is 9.29 Å². The first-order chi connectivity index (χ1) is 13.8. The Bertz CT molecular complexity index is 1160. The van der Waals surface area contributed by atoms with E-state index in [2.05, 4.69) is 10.3 Å². The number of benzene rings is 2. The topological polar surface area (TPSA) is 79.4 Å². The minimum atomic E-state index is -3.68. The summed E-state index contributed by atoms with van der Waals surface area (Å²) in [6.45, 7) is 0.508. The molecule has 1 amide bonds. The van der Waals surface area contributed by atoms with E-state index in [0.29, 0.717) is 40.1 Å². The van der Waals surface area contributed by atoms with Gasteiger partial charge in [0.25, 0.3) is 0 Å². The van der Waals surface area contributed by atoms with Gasteiger partial charge in [-0.15, -0.1) is 0 Å². The van der Waals surface area contributed by atoms with E-state index in [9.17, 15) is 13.2 Å². The van der Waals surface area contributed by atoms with Gasteiger partial charge in [0.2, 0.25) is 15.9 Å². The van der Waals surface area contributed by atoms with Crippen molar-refractivity contribution < 1.29 is 13.2 Å². The number of anilines is 1. The Kier molecular flexibility index (Phi) is 5.81. The van der Waals surface area contributed by atoms with Gasteiger partial charge in [0, 0.05) is 18.1 Å². The zero-order valence-corrected chi connectivity index (χ0v) is 18.3. The largest absolute Gasteiger partial charge is 0.302 e. The SMILES string of the molecule is O=C(Nc1nc2c(Cl)cccc2s1)C1CCCN(S(=O)(=O)c2ccc(Cl)cc2)C1. The first-order valence-corrected chi connectivity index (χ1v) is 12.0. The second-order valence-corrected chi connectivity index (χ2v) is 10.6. The number of amides is 1. The molecule has 10 heteroatoms. The summed E-state index contributed by atoms with van der Waals surface area (Å²) in [5.41, 5.74) is 0.644. The lowest BCUT2D eigenvalue weighted by atomic mass is 9.99. The highest BCUT2D eigenvalue weighted by molar-refractivity contribution is 7.89. The highest BCUT2D eigenvalue weighted by atomic mass is 35.5. The molecule has 0 aliphatic carbocycles. The van der Waals surface area contributed by atoms with Crippen LogP contribution in [0.15, 0.2) is 47.4 Å². The van der Waals surface area contributed by atoms with Crippen LogP contribution in [0.3, 0.4) is 0 Å². The van der Waals surface area contributed by atoms with E-state index >= 15 is 0 Å². The summed E-state index contributed by atoms with van der Waals surface area (Å²) in [5, 5.41) is 4.27. The number of aromatic nitrogens is 1. The van der Waals surface area contributed by atoms with Crippen LogP contribution in [0.1, 0.15) is 12.8 Å². The Morgan fingerprint density at radius 2 is 1.93 bits per heavy atom. The number of para-hydroxylation sites is 1. The molecule has 0 radical (unpaired) electrons. The predicted molar refractivity (Wildman–Crippen MR) is 116 cm³/mol. The number of nitrogens with one attached hydrogen (secondary N) is 1. The smallest absolute Gasteiger partial charge is 0.243 e. The number of hydrogen-bond donors (Lipinski definition) is 1. The number of nitrogens with zero attached hydrogens (tertiary/aromatic N) is 2. The van der Waals surface area contributed by atoms with Crippen molar-refractivity contribution >= 4 is 65.8 Å². The molecular formula is C19H17Cl2N3O3S2. The summed E-state index contributed by atoms with van der Waals surface area (Å²) in [6, 6.07) is 11.5. The molecule has 1 aliphatic rings. The molecule has 1 unspecified atom stereocenters. The van der Waals surface area contributed by atoms with E-state index in [-0.39, 0.29) is 17.3 Å². The molecule has 0 bridgehead atoms. The van der Waals surface area contributed by atoms with Gasteiger partial charge in [-0.25, -0.2) is 13.4 Å². The highest BCUT2D eigenvalue weighted by Gasteiger charge is 2.33. The number of fused-ring (bicyclic) bond motifs is 1. The number of sulfonamides is 1. The fraction of sp³-hybridized carbons (Fsp3) is 0.263. The second kappa shape index (κ2) is 8.20. The van der Waals surface area contributed by atoms with E-state index in [0.717, 1.165) is 4.70 Å². The average Bonchev–Trinajstić information content (AvgIpc) is 3.12. The molecule has 29 heavy (non-hydrogen) atoms. The third-order valence-corrected chi connectivity index (χ3v) is 8.18. The van der Waals surface area contributed by atoms with Crippen LogP contribution < -0.4 is 5.32 Å². The van der Waals surface area contributed by atoms with Gasteiger partial charge < -0.3 is 5.32 Å². The number of hydrogen-bond acceptors (Lipinski definition) is 5. The molecule has 4 rings (SSSR count). The minimum absolute atomic E-state index is 0.127. The maximum atomic E-state index is 12.9. The number of carbonyl (C=O) groups is 1. The Balaban J connectivity index is 1.49. The second-order valence-electron chi connectivity index (χ2n) is 6.75. The van der Waals surface area contributed by atoms with Gasteiger partial charge in [-0.2, -0.15) is 4.31 Å². The molecule has 1 aromatic heterocycles. The Morgan fingerprint density at radius 3 is 2.66 bits per heavy atom. The minimum Gasteiger partial charge on any atom is -0.302 e. The number of rotatable bonds is 4. The van der Waals surface area contributed by atoms with E-state index in [4.69, 9.17) is 23.2 Å². The summed E-state index contributed by atoms with van der Waals surface area (Å²) in [7, 11) is -3.68. The Labute approximate surface area is 182 Å². The number of carbonyl (C=O) groups excluding carboxylic acids is 1. The lowest BCUT2D eigenvalue weighted by Gasteiger charge is -2.31. The van der Waals surface area contributed by atoms with E-state index < -0.39 is 15.9 Å². The maximum Gasteiger partial charge on any atom is 0.243 e. The summed E-state index contributed by atoms with van der Waals surface area (Å²) in [4.78, 5) is 17.3. The maximum absolute atomic E-state index is 12.9. The highest BCUT2D eigenvalue weighted by Crippen LogP contribution is 2.31. The normalized spacial score (nSPS) is 18.1. The van der Waals surface area contributed by atoms with Crippen LogP contribution >= 0.6 is 34.5 Å². The zero-order chi connectivity index (χ0) is 20.6.